The van der Waals surface area contributed by atoms with Gasteiger partial charge < -0.3 is 14.8 Å². The molecule has 1 N–H and O–H groups in total. The molecule has 0 aliphatic carbocycles. The fourth-order valence-corrected chi connectivity index (χ4v) is 3.03. The van der Waals surface area contributed by atoms with E-state index in [9.17, 15) is 4.79 Å². The van der Waals surface area contributed by atoms with Crippen LogP contribution in [-0.2, 0) is 0 Å². The van der Waals surface area contributed by atoms with Gasteiger partial charge in [-0.3, -0.25) is 4.79 Å². The monoisotopic (exact) mass is 364 g/mol. The molecule has 4 rings (SSSR count). The quantitative estimate of drug-likeness (QED) is 0.768. The molecule has 7 nitrogen and oxygen atoms in total. The number of benzene rings is 2. The van der Waals surface area contributed by atoms with E-state index < -0.39 is 5.79 Å². The summed E-state index contributed by atoms with van der Waals surface area (Å²) in [7, 11) is 0. The number of rotatable bonds is 3. The van der Waals surface area contributed by atoms with Gasteiger partial charge in [0.15, 0.2) is 17.2 Å². The maximum atomic E-state index is 12.7. The number of nitrogens with one attached hydrogen (secondary N) is 1. The third-order valence-corrected chi connectivity index (χ3v) is 4.27. The summed E-state index contributed by atoms with van der Waals surface area (Å²) >= 11 is 0. The minimum atomic E-state index is -0.710. The van der Waals surface area contributed by atoms with Gasteiger partial charge in [0, 0.05) is 25.6 Å². The van der Waals surface area contributed by atoms with E-state index in [-0.39, 0.29) is 11.6 Å². The molecule has 0 saturated heterocycles. The number of nitrogens with zero attached hydrogens (tertiary/aromatic N) is 3. The first kappa shape index (κ1) is 17.1. The molecule has 2 aromatic carbocycles. The number of aryl methyl sites for hydroxylation is 1. The topological polar surface area (TPSA) is 78.3 Å². The zero-order valence-electron chi connectivity index (χ0n) is 15.6. The van der Waals surface area contributed by atoms with Gasteiger partial charge in [0.1, 0.15) is 0 Å². The lowest BCUT2D eigenvalue weighted by molar-refractivity contribution is -0.0431. The Kier molecular flexibility index (Phi) is 3.87. The van der Waals surface area contributed by atoms with Crippen LogP contribution in [0.3, 0.4) is 0 Å². The minimum absolute atomic E-state index is 0.273. The molecular weight excluding hydrogens is 344 g/mol. The second-order valence-corrected chi connectivity index (χ2v) is 6.99. The summed E-state index contributed by atoms with van der Waals surface area (Å²) in [5.41, 5.74) is 3.51. The predicted octanol–water partition coefficient (Wildman–Crippen LogP) is 3.64. The molecule has 138 valence electrons. The van der Waals surface area contributed by atoms with Crippen molar-refractivity contribution in [3.05, 3.63) is 59.4 Å². The van der Waals surface area contributed by atoms with Gasteiger partial charge in [0.05, 0.1) is 11.4 Å². The van der Waals surface area contributed by atoms with Gasteiger partial charge in [0.2, 0.25) is 5.79 Å². The largest absolute Gasteiger partial charge is 0.449 e. The van der Waals surface area contributed by atoms with E-state index in [0.717, 1.165) is 11.3 Å². The fourth-order valence-electron chi connectivity index (χ4n) is 3.03. The summed E-state index contributed by atoms with van der Waals surface area (Å²) in [5.74, 6) is 0.208. The number of carbonyl (C=O) groups is 1. The van der Waals surface area contributed by atoms with Crippen LogP contribution in [-0.4, -0.2) is 26.7 Å². The van der Waals surface area contributed by atoms with Crippen molar-refractivity contribution in [3.8, 4) is 17.2 Å². The first-order chi connectivity index (χ1) is 12.8. The van der Waals surface area contributed by atoms with Crippen LogP contribution < -0.4 is 14.8 Å². The highest BCUT2D eigenvalue weighted by Crippen LogP contribution is 2.40. The first-order valence-corrected chi connectivity index (χ1v) is 8.65. The molecule has 0 saturated carbocycles. The van der Waals surface area contributed by atoms with Gasteiger partial charge in [-0.1, -0.05) is 17.3 Å². The van der Waals surface area contributed by atoms with Crippen LogP contribution >= 0.6 is 0 Å². The average Bonchev–Trinajstić information content (AvgIpc) is 3.12. The van der Waals surface area contributed by atoms with Gasteiger partial charge in [-0.25, -0.2) is 4.68 Å². The number of aromatic nitrogens is 3. The molecule has 2 heterocycles. The normalized spacial score (nSPS) is 14.2. The Balaban J connectivity index is 1.57. The van der Waals surface area contributed by atoms with Gasteiger partial charge >= 0.3 is 0 Å². The highest BCUT2D eigenvalue weighted by atomic mass is 16.7. The Labute approximate surface area is 156 Å². The SMILES string of the molecule is Cc1cccc(-n2nnc(C(=O)Nc3ccc4c(c3)OC(C)(C)O4)c2C)c1. The molecule has 0 bridgehead atoms. The van der Waals surface area contributed by atoms with Crippen LogP contribution in [0.2, 0.25) is 0 Å². The van der Waals surface area contributed by atoms with E-state index in [1.54, 1.807) is 22.9 Å². The zero-order valence-corrected chi connectivity index (χ0v) is 15.6. The predicted molar refractivity (Wildman–Crippen MR) is 101 cm³/mol. The van der Waals surface area contributed by atoms with Crippen molar-refractivity contribution in [2.75, 3.05) is 5.32 Å². The molecule has 1 aliphatic rings. The first-order valence-electron chi connectivity index (χ1n) is 8.65. The van der Waals surface area contributed by atoms with E-state index in [2.05, 4.69) is 15.6 Å². The van der Waals surface area contributed by atoms with Crippen LogP contribution in [0.25, 0.3) is 5.69 Å². The number of carbonyl (C=O) groups excluding carboxylic acids is 1. The van der Waals surface area contributed by atoms with Crippen molar-refractivity contribution in [1.29, 1.82) is 0 Å². The molecule has 0 spiro atoms. The average molecular weight is 364 g/mol. The van der Waals surface area contributed by atoms with Crippen molar-refractivity contribution >= 4 is 11.6 Å². The van der Waals surface area contributed by atoms with Gasteiger partial charge in [-0.15, -0.1) is 5.10 Å². The highest BCUT2D eigenvalue weighted by Gasteiger charge is 2.31. The number of hydrogen-bond donors (Lipinski definition) is 1. The lowest BCUT2D eigenvalue weighted by atomic mass is 10.2. The van der Waals surface area contributed by atoms with Crippen molar-refractivity contribution < 1.29 is 14.3 Å². The third kappa shape index (κ3) is 3.23. The van der Waals surface area contributed by atoms with E-state index >= 15 is 0 Å². The van der Waals surface area contributed by atoms with Crippen LogP contribution in [0.5, 0.6) is 11.5 Å². The number of anilines is 1. The van der Waals surface area contributed by atoms with Crippen molar-refractivity contribution in [2.24, 2.45) is 0 Å². The minimum Gasteiger partial charge on any atom is -0.449 e. The molecule has 1 aliphatic heterocycles. The van der Waals surface area contributed by atoms with Gasteiger partial charge in [-0.2, -0.15) is 0 Å². The molecular formula is C20H20N4O3. The van der Waals surface area contributed by atoms with E-state index in [4.69, 9.17) is 9.47 Å². The molecule has 1 aromatic heterocycles. The van der Waals surface area contributed by atoms with Crippen LogP contribution in [0, 0.1) is 13.8 Å². The summed E-state index contributed by atoms with van der Waals surface area (Å²) < 4.78 is 13.0. The van der Waals surface area contributed by atoms with E-state index in [1.165, 1.54) is 0 Å². The number of hydrogen-bond acceptors (Lipinski definition) is 5. The fraction of sp³-hybridized carbons (Fsp3) is 0.250. The molecule has 3 aromatic rings. The molecule has 0 fully saturated rings. The second-order valence-electron chi connectivity index (χ2n) is 6.99. The van der Waals surface area contributed by atoms with Crippen molar-refractivity contribution in [1.82, 2.24) is 15.0 Å². The van der Waals surface area contributed by atoms with Crippen LogP contribution in [0.1, 0.15) is 35.6 Å². The lowest BCUT2D eigenvalue weighted by Gasteiger charge is -2.16. The Morgan fingerprint density at radius 3 is 2.63 bits per heavy atom. The number of amides is 1. The number of fused-ring (bicyclic) bond motifs is 1. The Morgan fingerprint density at radius 2 is 1.85 bits per heavy atom. The maximum Gasteiger partial charge on any atom is 0.278 e. The lowest BCUT2D eigenvalue weighted by Crippen LogP contribution is -2.29. The standard InChI is InChI=1S/C20H20N4O3/c1-12-6-5-7-15(10-12)24-13(2)18(22-23-24)19(25)21-14-8-9-16-17(11-14)27-20(3,4)26-16/h5-11H,1-4H3,(H,21,25). The summed E-state index contributed by atoms with van der Waals surface area (Å²) in [6, 6.07) is 13.1. The summed E-state index contributed by atoms with van der Waals surface area (Å²) in [6.45, 7) is 7.49. The van der Waals surface area contributed by atoms with E-state index in [0.29, 0.717) is 22.9 Å². The van der Waals surface area contributed by atoms with Gasteiger partial charge in [-0.05, 0) is 43.7 Å². The highest BCUT2D eigenvalue weighted by molar-refractivity contribution is 6.03. The molecule has 27 heavy (non-hydrogen) atoms. The molecule has 0 atom stereocenters. The summed E-state index contributed by atoms with van der Waals surface area (Å²) in [6.07, 6.45) is 0. The molecule has 1 amide bonds. The van der Waals surface area contributed by atoms with Crippen molar-refractivity contribution in [3.63, 3.8) is 0 Å². The summed E-state index contributed by atoms with van der Waals surface area (Å²) in [4.78, 5) is 12.7. The van der Waals surface area contributed by atoms with Crippen LogP contribution in [0.4, 0.5) is 5.69 Å². The molecule has 0 unspecified atom stereocenters. The van der Waals surface area contributed by atoms with Crippen LogP contribution in [0.15, 0.2) is 42.5 Å². The van der Waals surface area contributed by atoms with Gasteiger partial charge in [0.25, 0.3) is 5.91 Å². The summed E-state index contributed by atoms with van der Waals surface area (Å²) in [5, 5.41) is 11.0. The smallest absolute Gasteiger partial charge is 0.278 e. The molecule has 7 heteroatoms. The van der Waals surface area contributed by atoms with Crippen molar-refractivity contribution in [2.45, 2.75) is 33.5 Å². The maximum absolute atomic E-state index is 12.7. The van der Waals surface area contributed by atoms with E-state index in [1.807, 2.05) is 52.0 Å². The zero-order chi connectivity index (χ0) is 19.2. The Bertz CT molecular complexity index is 1040. The Morgan fingerprint density at radius 1 is 1.07 bits per heavy atom. The molecule has 0 radical (unpaired) electrons. The number of ether oxygens (including phenoxy) is 2. The Hall–Kier alpha value is -3.35. The second kappa shape index (κ2) is 6.12. The third-order valence-electron chi connectivity index (χ3n) is 4.27.